The average molecular weight is 474 g/mol. The van der Waals surface area contributed by atoms with Gasteiger partial charge in [-0.15, -0.1) is 61.3 Å². The van der Waals surface area contributed by atoms with Gasteiger partial charge in [0.2, 0.25) is 0 Å². The van der Waals surface area contributed by atoms with E-state index in [1.165, 1.54) is 0 Å². The first-order valence-corrected chi connectivity index (χ1v) is 8.12. The molecule has 1 aliphatic heterocycles. The summed E-state index contributed by atoms with van der Waals surface area (Å²) in [4.78, 5) is 11.8. The van der Waals surface area contributed by atoms with Crippen LogP contribution in [0, 0.1) is 0 Å². The third-order valence-electron chi connectivity index (χ3n) is 3.69. The molecule has 0 radical (unpaired) electrons. The van der Waals surface area contributed by atoms with E-state index in [4.69, 9.17) is 4.74 Å². The SMILES string of the molecule is C=CC.C=CCOC(=O)c1ccc2c(c1)nnn2C1CCNCC1.Cl.Cl.Cl.Cl. The van der Waals surface area contributed by atoms with Crippen molar-refractivity contribution >= 4 is 66.6 Å². The maximum Gasteiger partial charge on any atom is 0.338 e. The first kappa shape index (κ1) is 31.4. The normalized spacial score (nSPS) is 12.5. The highest BCUT2D eigenvalue weighted by molar-refractivity contribution is 5.93. The topological polar surface area (TPSA) is 69.0 Å². The molecule has 10 heteroatoms. The van der Waals surface area contributed by atoms with Gasteiger partial charge in [0.25, 0.3) is 0 Å². The third-order valence-corrected chi connectivity index (χ3v) is 3.69. The zero-order chi connectivity index (χ0) is 17.4. The Morgan fingerprint density at radius 2 is 1.86 bits per heavy atom. The Morgan fingerprint density at radius 3 is 2.43 bits per heavy atom. The second-order valence-electron chi connectivity index (χ2n) is 5.51. The van der Waals surface area contributed by atoms with Gasteiger partial charge in [-0.3, -0.25) is 0 Å². The number of nitrogens with zero attached hydrogens (tertiary/aromatic N) is 3. The summed E-state index contributed by atoms with van der Waals surface area (Å²) in [7, 11) is 0. The molecule has 28 heavy (non-hydrogen) atoms. The largest absolute Gasteiger partial charge is 0.458 e. The fourth-order valence-electron chi connectivity index (χ4n) is 2.61. The third kappa shape index (κ3) is 8.37. The van der Waals surface area contributed by atoms with Crippen LogP contribution in [0.4, 0.5) is 0 Å². The van der Waals surface area contributed by atoms with Gasteiger partial charge in [0.05, 0.1) is 17.1 Å². The Morgan fingerprint density at radius 1 is 1.25 bits per heavy atom. The minimum Gasteiger partial charge on any atom is -0.458 e. The van der Waals surface area contributed by atoms with Crippen LogP contribution in [0.1, 0.15) is 36.2 Å². The van der Waals surface area contributed by atoms with E-state index in [-0.39, 0.29) is 62.2 Å². The van der Waals surface area contributed by atoms with E-state index in [0.717, 1.165) is 37.0 Å². The number of fused-ring (bicyclic) bond motifs is 1. The van der Waals surface area contributed by atoms with E-state index < -0.39 is 0 Å². The molecule has 0 amide bonds. The second-order valence-corrected chi connectivity index (χ2v) is 5.51. The Labute approximate surface area is 190 Å². The van der Waals surface area contributed by atoms with Crippen LogP contribution in [-0.4, -0.2) is 40.7 Å². The Balaban J connectivity index is -0.000000841. The fourth-order valence-corrected chi connectivity index (χ4v) is 2.61. The molecule has 1 aromatic heterocycles. The number of benzene rings is 1. The zero-order valence-electron chi connectivity index (χ0n) is 15.7. The summed E-state index contributed by atoms with van der Waals surface area (Å²) in [5, 5.41) is 11.8. The molecule has 1 aromatic carbocycles. The lowest BCUT2D eigenvalue weighted by molar-refractivity contribution is 0.0550. The van der Waals surface area contributed by atoms with Crippen molar-refractivity contribution in [1.82, 2.24) is 20.3 Å². The van der Waals surface area contributed by atoms with Gasteiger partial charge in [-0.2, -0.15) is 0 Å². The first-order chi connectivity index (χ1) is 11.7. The number of nitrogens with one attached hydrogen (secondary N) is 1. The number of hydrogen-bond donors (Lipinski definition) is 1. The van der Waals surface area contributed by atoms with E-state index in [0.29, 0.717) is 11.6 Å². The van der Waals surface area contributed by atoms with Gasteiger partial charge in [-0.05, 0) is 51.1 Å². The molecule has 0 spiro atoms. The van der Waals surface area contributed by atoms with Gasteiger partial charge < -0.3 is 10.1 Å². The van der Waals surface area contributed by atoms with Crippen molar-refractivity contribution in [1.29, 1.82) is 0 Å². The molecule has 0 bridgehead atoms. The predicted molar refractivity (Wildman–Crippen MR) is 124 cm³/mol. The van der Waals surface area contributed by atoms with Crippen molar-refractivity contribution in [2.45, 2.75) is 25.8 Å². The molecule has 0 unspecified atom stereocenters. The number of rotatable bonds is 4. The molecule has 2 aromatic rings. The molecular weight excluding hydrogens is 446 g/mol. The lowest BCUT2D eigenvalue weighted by Crippen LogP contribution is -2.29. The van der Waals surface area contributed by atoms with Gasteiger partial charge in [-0.1, -0.05) is 23.9 Å². The molecule has 1 N–H and O–H groups in total. The fraction of sp³-hybridized carbons (Fsp3) is 0.389. The molecule has 0 atom stereocenters. The number of ether oxygens (including phenoxy) is 1. The van der Waals surface area contributed by atoms with Gasteiger partial charge in [0.1, 0.15) is 12.1 Å². The number of aromatic nitrogens is 3. The molecule has 0 saturated carbocycles. The van der Waals surface area contributed by atoms with Crippen LogP contribution in [0.25, 0.3) is 11.0 Å². The Bertz CT molecular complexity index is 719. The van der Waals surface area contributed by atoms with Crippen LogP contribution in [0.15, 0.2) is 43.5 Å². The maximum absolute atomic E-state index is 11.8. The summed E-state index contributed by atoms with van der Waals surface area (Å²) in [6.45, 7) is 11.0. The number of piperidine rings is 1. The summed E-state index contributed by atoms with van der Waals surface area (Å²) in [5.41, 5.74) is 2.17. The minimum atomic E-state index is -0.367. The van der Waals surface area contributed by atoms with Crippen molar-refractivity contribution in [2.24, 2.45) is 0 Å². The Kier molecular flexibility index (Phi) is 18.6. The van der Waals surface area contributed by atoms with Crippen LogP contribution < -0.4 is 5.32 Å². The number of allylic oxidation sites excluding steroid dienone is 1. The summed E-state index contributed by atoms with van der Waals surface area (Å²) in [6.07, 6.45) is 5.38. The van der Waals surface area contributed by atoms with E-state index in [1.54, 1.807) is 24.3 Å². The smallest absolute Gasteiger partial charge is 0.338 e. The van der Waals surface area contributed by atoms with Crippen LogP contribution in [0.2, 0.25) is 0 Å². The number of hydrogen-bond acceptors (Lipinski definition) is 5. The monoisotopic (exact) mass is 472 g/mol. The van der Waals surface area contributed by atoms with E-state index in [9.17, 15) is 4.79 Å². The summed E-state index contributed by atoms with van der Waals surface area (Å²) < 4.78 is 7.00. The van der Waals surface area contributed by atoms with Gasteiger partial charge in [0, 0.05) is 0 Å². The van der Waals surface area contributed by atoms with E-state index >= 15 is 0 Å². The highest BCUT2D eigenvalue weighted by Crippen LogP contribution is 2.23. The van der Waals surface area contributed by atoms with Gasteiger partial charge in [-0.25, -0.2) is 9.48 Å². The number of carbonyl (C=O) groups is 1. The van der Waals surface area contributed by atoms with Crippen molar-refractivity contribution in [3.63, 3.8) is 0 Å². The van der Waals surface area contributed by atoms with Gasteiger partial charge >= 0.3 is 5.97 Å². The summed E-state index contributed by atoms with van der Waals surface area (Å²) >= 11 is 0. The number of carbonyl (C=O) groups excluding carboxylic acids is 1. The minimum absolute atomic E-state index is 0. The summed E-state index contributed by atoms with van der Waals surface area (Å²) in [5.74, 6) is -0.367. The zero-order valence-corrected chi connectivity index (χ0v) is 19.0. The van der Waals surface area contributed by atoms with Crippen molar-refractivity contribution < 1.29 is 9.53 Å². The molecule has 2 heterocycles. The van der Waals surface area contributed by atoms with Gasteiger partial charge in [0.15, 0.2) is 0 Å². The molecule has 1 saturated heterocycles. The van der Waals surface area contributed by atoms with E-state index in [2.05, 4.69) is 28.8 Å². The predicted octanol–water partition coefficient (Wildman–Crippen LogP) is 4.58. The van der Waals surface area contributed by atoms with Crippen LogP contribution >= 0.6 is 49.6 Å². The Hall–Kier alpha value is -1.31. The summed E-state index contributed by atoms with van der Waals surface area (Å²) in [6, 6.07) is 5.75. The second kappa shape index (κ2) is 16.6. The average Bonchev–Trinajstić information content (AvgIpc) is 3.04. The van der Waals surface area contributed by atoms with Crippen molar-refractivity contribution in [2.75, 3.05) is 19.7 Å². The van der Waals surface area contributed by atoms with Crippen molar-refractivity contribution in [3.05, 3.63) is 49.1 Å². The standard InChI is InChI=1S/C15H18N4O2.C3H6.4ClH/c1-2-9-21-15(20)11-3-4-14-13(10-11)17-18-19(14)12-5-7-16-8-6-12;1-3-2;;;;/h2-4,10,12,16H,1,5-9H2;3H,1H2,2H3;4*1H. The number of halogens is 4. The quantitative estimate of drug-likeness (QED) is 0.519. The molecule has 160 valence electrons. The lowest BCUT2D eigenvalue weighted by Gasteiger charge is -2.22. The highest BCUT2D eigenvalue weighted by Gasteiger charge is 2.19. The molecule has 1 fully saturated rings. The highest BCUT2D eigenvalue weighted by atomic mass is 35.5. The molecule has 0 aliphatic carbocycles. The molecule has 6 nitrogen and oxygen atoms in total. The lowest BCUT2D eigenvalue weighted by atomic mass is 10.1. The molecular formula is C18H28Cl4N4O2. The number of esters is 1. The van der Waals surface area contributed by atoms with Crippen LogP contribution in [0.5, 0.6) is 0 Å². The molecule has 3 rings (SSSR count). The van der Waals surface area contributed by atoms with Crippen molar-refractivity contribution in [3.8, 4) is 0 Å². The maximum atomic E-state index is 11.8. The van der Waals surface area contributed by atoms with Crippen LogP contribution in [0.3, 0.4) is 0 Å². The van der Waals surface area contributed by atoms with E-state index in [1.807, 2.05) is 17.7 Å². The first-order valence-electron chi connectivity index (χ1n) is 8.12. The van der Waals surface area contributed by atoms with Crippen LogP contribution in [-0.2, 0) is 4.74 Å². The molecule has 1 aliphatic rings.